The monoisotopic (exact) mass is 379 g/mol. The van der Waals surface area contributed by atoms with Gasteiger partial charge in [0, 0.05) is 5.71 Å². The number of nitrogens with zero attached hydrogens (tertiary/aromatic N) is 2. The van der Waals surface area contributed by atoms with E-state index in [1.54, 1.807) is 0 Å². The molecule has 5 nitrogen and oxygen atoms in total. The highest BCUT2D eigenvalue weighted by Crippen LogP contribution is 2.37. The Bertz CT molecular complexity index is 604. The minimum Gasteiger partial charge on any atom is -0.476 e. The summed E-state index contributed by atoms with van der Waals surface area (Å²) in [6.07, 6.45) is 1.62. The lowest BCUT2D eigenvalue weighted by atomic mass is 9.99. The molecule has 2 N–H and O–H groups in total. The van der Waals surface area contributed by atoms with Crippen molar-refractivity contribution in [2.75, 3.05) is 5.43 Å². The van der Waals surface area contributed by atoms with E-state index in [0.29, 0.717) is 11.8 Å². The summed E-state index contributed by atoms with van der Waals surface area (Å²) in [6.45, 7) is 8.40. The Kier molecular flexibility index (Phi) is 7.58. The number of halogens is 3. The topological polar surface area (TPSA) is 74.6 Å². The molecule has 0 bridgehead atoms. The molecule has 0 amide bonds. The molecule has 1 heterocycles. The van der Waals surface area contributed by atoms with Crippen LogP contribution in [0, 0.1) is 11.8 Å². The largest absolute Gasteiger partial charge is 0.476 e. The maximum Gasteiger partial charge on any atom is 0.356 e. The van der Waals surface area contributed by atoms with Crippen LogP contribution in [0.4, 0.5) is 5.69 Å². The molecule has 0 unspecified atom stereocenters. The third kappa shape index (κ3) is 5.83. The van der Waals surface area contributed by atoms with Gasteiger partial charge in [-0.2, -0.15) is 5.10 Å². The molecule has 0 aromatic carbocycles. The number of carbonyl (C=O) groups is 1. The third-order valence-electron chi connectivity index (χ3n) is 2.85. The molecule has 128 valence electrons. The van der Waals surface area contributed by atoms with Crippen molar-refractivity contribution in [1.82, 2.24) is 4.98 Å². The van der Waals surface area contributed by atoms with Crippen molar-refractivity contribution in [3.05, 3.63) is 20.9 Å². The number of hydrazone groups is 1. The minimum atomic E-state index is -1.29. The first-order valence-electron chi connectivity index (χ1n) is 7.22. The van der Waals surface area contributed by atoms with Crippen LogP contribution < -0.4 is 5.43 Å². The first-order chi connectivity index (χ1) is 10.6. The second-order valence-corrected chi connectivity index (χ2v) is 7.16. The zero-order valence-electron chi connectivity index (χ0n) is 13.5. The molecule has 0 atom stereocenters. The number of pyridine rings is 1. The minimum absolute atomic E-state index is 0.0406. The van der Waals surface area contributed by atoms with Crippen LogP contribution in [0.15, 0.2) is 5.10 Å². The third-order valence-corrected chi connectivity index (χ3v) is 3.96. The van der Waals surface area contributed by atoms with Crippen molar-refractivity contribution in [2.24, 2.45) is 16.9 Å². The Morgan fingerprint density at radius 2 is 1.65 bits per heavy atom. The summed E-state index contributed by atoms with van der Waals surface area (Å²) in [5.74, 6) is -0.406. The van der Waals surface area contributed by atoms with Crippen molar-refractivity contribution in [2.45, 2.75) is 40.5 Å². The maximum atomic E-state index is 11.2. The lowest BCUT2D eigenvalue weighted by Crippen LogP contribution is -2.11. The first-order valence-corrected chi connectivity index (χ1v) is 8.36. The van der Waals surface area contributed by atoms with Gasteiger partial charge in [-0.15, -0.1) is 0 Å². The van der Waals surface area contributed by atoms with Gasteiger partial charge < -0.3 is 5.11 Å². The van der Waals surface area contributed by atoms with E-state index in [-0.39, 0.29) is 26.6 Å². The Labute approximate surface area is 151 Å². The van der Waals surface area contributed by atoms with Crippen LogP contribution in [0.1, 0.15) is 51.0 Å². The molecule has 0 saturated heterocycles. The predicted molar refractivity (Wildman–Crippen MR) is 96.2 cm³/mol. The second-order valence-electron chi connectivity index (χ2n) is 6.05. The number of carboxylic acid groups (broad SMARTS) is 1. The summed E-state index contributed by atoms with van der Waals surface area (Å²) in [5.41, 5.74) is 3.50. The van der Waals surface area contributed by atoms with Crippen molar-refractivity contribution >= 4 is 52.2 Å². The summed E-state index contributed by atoms with van der Waals surface area (Å²) < 4.78 is 0. The van der Waals surface area contributed by atoms with E-state index in [1.807, 2.05) is 0 Å². The molecule has 0 saturated carbocycles. The van der Waals surface area contributed by atoms with E-state index in [1.165, 1.54) is 0 Å². The van der Waals surface area contributed by atoms with Crippen molar-refractivity contribution in [1.29, 1.82) is 0 Å². The van der Waals surface area contributed by atoms with E-state index in [4.69, 9.17) is 39.9 Å². The van der Waals surface area contributed by atoms with Gasteiger partial charge in [-0.25, -0.2) is 9.78 Å². The molecule has 0 aliphatic carbocycles. The number of aromatic carboxylic acids is 1. The van der Waals surface area contributed by atoms with Crippen LogP contribution in [0.2, 0.25) is 15.2 Å². The predicted octanol–water partition coefficient (Wildman–Crippen LogP) is 5.60. The summed E-state index contributed by atoms with van der Waals surface area (Å²) in [7, 11) is 0. The number of hydrogen-bond donors (Lipinski definition) is 2. The fourth-order valence-electron chi connectivity index (χ4n) is 2.01. The summed E-state index contributed by atoms with van der Waals surface area (Å²) in [5, 5.41) is 13.2. The zero-order valence-corrected chi connectivity index (χ0v) is 15.7. The van der Waals surface area contributed by atoms with Crippen LogP contribution in [0.25, 0.3) is 0 Å². The van der Waals surface area contributed by atoms with Crippen LogP contribution in [0.5, 0.6) is 0 Å². The maximum absolute atomic E-state index is 11.2. The van der Waals surface area contributed by atoms with E-state index in [0.717, 1.165) is 18.6 Å². The Morgan fingerprint density at radius 3 is 2.09 bits per heavy atom. The van der Waals surface area contributed by atoms with Crippen molar-refractivity contribution in [3.8, 4) is 0 Å². The summed E-state index contributed by atoms with van der Waals surface area (Å²) in [6, 6.07) is 0. The van der Waals surface area contributed by atoms with Gasteiger partial charge in [0.1, 0.15) is 10.0 Å². The average molecular weight is 381 g/mol. The van der Waals surface area contributed by atoms with Gasteiger partial charge in [0.2, 0.25) is 0 Å². The fourth-order valence-corrected chi connectivity index (χ4v) is 2.67. The molecule has 1 aromatic rings. The first kappa shape index (κ1) is 20.0. The highest BCUT2D eigenvalue weighted by Gasteiger charge is 2.21. The molecule has 1 rings (SSSR count). The van der Waals surface area contributed by atoms with E-state index in [9.17, 15) is 4.79 Å². The highest BCUT2D eigenvalue weighted by atomic mass is 35.5. The van der Waals surface area contributed by atoms with E-state index >= 15 is 0 Å². The number of carboxylic acids is 1. The van der Waals surface area contributed by atoms with Gasteiger partial charge in [0.05, 0.1) is 5.69 Å². The van der Waals surface area contributed by atoms with Gasteiger partial charge in [0.15, 0.2) is 10.8 Å². The number of rotatable bonds is 7. The number of aromatic nitrogens is 1. The van der Waals surface area contributed by atoms with Gasteiger partial charge in [-0.3, -0.25) is 5.43 Å². The summed E-state index contributed by atoms with van der Waals surface area (Å²) in [4.78, 5) is 14.8. The van der Waals surface area contributed by atoms with Crippen molar-refractivity contribution < 1.29 is 9.90 Å². The van der Waals surface area contributed by atoms with Gasteiger partial charge in [-0.05, 0) is 24.7 Å². The molecule has 1 aromatic heterocycles. The number of hydrogen-bond acceptors (Lipinski definition) is 4. The van der Waals surface area contributed by atoms with Crippen LogP contribution in [-0.2, 0) is 0 Å². The summed E-state index contributed by atoms with van der Waals surface area (Å²) >= 11 is 18.0. The van der Waals surface area contributed by atoms with Crippen LogP contribution >= 0.6 is 34.8 Å². The highest BCUT2D eigenvalue weighted by molar-refractivity contribution is 6.46. The molecular weight excluding hydrogens is 361 g/mol. The fraction of sp³-hybridized carbons (Fsp3) is 0.533. The quantitative estimate of drug-likeness (QED) is 0.367. The standard InChI is InChI=1S/C15H20Cl3N3O2/c1-7(2)5-9(6-8(3)4)20-21-12-10(16)13(15(22)23)19-14(18)11(12)17/h7-8H,5-6H2,1-4H3,(H,19,21)(H,22,23). The van der Waals surface area contributed by atoms with Crippen LogP contribution in [-0.4, -0.2) is 21.8 Å². The average Bonchev–Trinajstić information content (AvgIpc) is 2.40. The molecule has 0 spiro atoms. The molecule has 0 aliphatic heterocycles. The van der Waals surface area contributed by atoms with E-state index < -0.39 is 5.97 Å². The zero-order chi connectivity index (χ0) is 17.7. The Morgan fingerprint density at radius 1 is 1.13 bits per heavy atom. The lowest BCUT2D eigenvalue weighted by molar-refractivity contribution is 0.0691. The molecule has 8 heteroatoms. The molecule has 0 aliphatic rings. The molecular formula is C15H20Cl3N3O2. The van der Waals surface area contributed by atoms with Crippen molar-refractivity contribution in [3.63, 3.8) is 0 Å². The van der Waals surface area contributed by atoms with Gasteiger partial charge >= 0.3 is 5.97 Å². The number of anilines is 1. The molecule has 0 radical (unpaired) electrons. The molecule has 0 fully saturated rings. The Hall–Kier alpha value is -1.04. The van der Waals surface area contributed by atoms with Gasteiger partial charge in [0.25, 0.3) is 0 Å². The van der Waals surface area contributed by atoms with E-state index in [2.05, 4.69) is 43.2 Å². The molecule has 23 heavy (non-hydrogen) atoms. The van der Waals surface area contributed by atoms with Gasteiger partial charge in [-0.1, -0.05) is 62.5 Å². The smallest absolute Gasteiger partial charge is 0.356 e. The van der Waals surface area contributed by atoms with Crippen LogP contribution in [0.3, 0.4) is 0 Å². The Balaban J connectivity index is 3.19. The normalized spacial score (nSPS) is 11.0. The SMILES string of the molecule is CC(C)CC(CC(C)C)=NNc1c(Cl)c(Cl)nc(C(=O)O)c1Cl. The number of nitrogens with one attached hydrogen (secondary N) is 1. The second kappa shape index (κ2) is 8.71. The lowest BCUT2D eigenvalue weighted by Gasteiger charge is -2.14.